The van der Waals surface area contributed by atoms with E-state index in [4.69, 9.17) is 14.6 Å². The monoisotopic (exact) mass is 340 g/mol. The summed E-state index contributed by atoms with van der Waals surface area (Å²) in [4.78, 5) is 24.8. The molecule has 24 heavy (non-hydrogen) atoms. The Morgan fingerprint density at radius 1 is 1.54 bits per heavy atom. The molecular weight excluding hydrogens is 312 g/mol. The van der Waals surface area contributed by atoms with E-state index in [0.717, 1.165) is 44.0 Å². The number of amides is 1. The molecule has 1 amide bonds. The van der Waals surface area contributed by atoms with Crippen molar-refractivity contribution >= 4 is 12.4 Å². The molecule has 136 valence electrons. The van der Waals surface area contributed by atoms with Crippen molar-refractivity contribution in [3.63, 3.8) is 0 Å². The second kappa shape index (κ2) is 10.8. The van der Waals surface area contributed by atoms with E-state index in [2.05, 4.69) is 22.0 Å². The first-order chi connectivity index (χ1) is 11.5. The van der Waals surface area contributed by atoms with Crippen molar-refractivity contribution in [2.75, 3.05) is 33.4 Å². The fourth-order valence-corrected chi connectivity index (χ4v) is 2.60. The van der Waals surface area contributed by atoms with Gasteiger partial charge in [-0.1, -0.05) is 0 Å². The lowest BCUT2D eigenvalue weighted by molar-refractivity contribution is -0.131. The number of morpholine rings is 1. The zero-order valence-corrected chi connectivity index (χ0v) is 14.7. The number of hydrogen-bond donors (Lipinski definition) is 2. The van der Waals surface area contributed by atoms with Crippen LogP contribution in [0.4, 0.5) is 0 Å². The molecule has 8 nitrogen and oxygen atoms in total. The van der Waals surface area contributed by atoms with Crippen LogP contribution in [0.1, 0.15) is 31.0 Å². The number of carbonyl (C=O) groups is 2. The molecule has 0 aliphatic carbocycles. The summed E-state index contributed by atoms with van der Waals surface area (Å²) in [5.41, 5.74) is 2.10. The van der Waals surface area contributed by atoms with Crippen LogP contribution in [0.5, 0.6) is 0 Å². The molecule has 2 heterocycles. The van der Waals surface area contributed by atoms with E-state index in [1.165, 1.54) is 0 Å². The largest absolute Gasteiger partial charge is 0.483 e. The second-order valence-electron chi connectivity index (χ2n) is 5.91. The molecule has 0 saturated carbocycles. The molecule has 8 heteroatoms. The zero-order valence-electron chi connectivity index (χ0n) is 14.7. The van der Waals surface area contributed by atoms with Crippen LogP contribution in [0.15, 0.2) is 6.20 Å². The molecule has 0 radical (unpaired) electrons. The normalized spacial score (nSPS) is 16.0. The van der Waals surface area contributed by atoms with E-state index in [-0.39, 0.29) is 12.4 Å². The Hall–Kier alpha value is -1.93. The highest BCUT2D eigenvalue weighted by Crippen LogP contribution is 2.12. The number of aromatic amines is 1. The van der Waals surface area contributed by atoms with Crippen LogP contribution in [-0.4, -0.2) is 76.9 Å². The molecule has 1 saturated heterocycles. The Balaban J connectivity index is 0.000000891. The van der Waals surface area contributed by atoms with Gasteiger partial charge in [0.15, 0.2) is 0 Å². The molecule has 2 N–H and O–H groups in total. The Morgan fingerprint density at radius 2 is 2.17 bits per heavy atom. The lowest BCUT2D eigenvalue weighted by Gasteiger charge is -2.32. The van der Waals surface area contributed by atoms with Crippen LogP contribution in [0.2, 0.25) is 0 Å². The number of carboxylic acid groups (broad SMARTS) is 1. The van der Waals surface area contributed by atoms with Gasteiger partial charge in [0.1, 0.15) is 0 Å². The quantitative estimate of drug-likeness (QED) is 0.746. The minimum Gasteiger partial charge on any atom is -0.483 e. The maximum absolute atomic E-state index is 12.2. The Kier molecular flexibility index (Phi) is 9.03. The van der Waals surface area contributed by atoms with Gasteiger partial charge in [-0.2, -0.15) is 5.10 Å². The highest BCUT2D eigenvalue weighted by Gasteiger charge is 2.19. The molecular formula is C16H28N4O4. The van der Waals surface area contributed by atoms with Gasteiger partial charge in [0.05, 0.1) is 19.4 Å². The highest BCUT2D eigenvalue weighted by molar-refractivity contribution is 5.75. The summed E-state index contributed by atoms with van der Waals surface area (Å²) in [5.74, 6) is 0.190. The zero-order chi connectivity index (χ0) is 17.9. The average molecular weight is 340 g/mol. The number of aromatic nitrogens is 2. The summed E-state index contributed by atoms with van der Waals surface area (Å²) in [5, 5.41) is 13.8. The molecule has 0 bridgehead atoms. The number of rotatable bonds is 6. The maximum Gasteiger partial charge on any atom is 0.290 e. The molecule has 0 spiro atoms. The first-order valence-electron chi connectivity index (χ1n) is 8.12. The van der Waals surface area contributed by atoms with Crippen molar-refractivity contribution in [1.29, 1.82) is 0 Å². The van der Waals surface area contributed by atoms with Crippen molar-refractivity contribution in [2.45, 2.75) is 39.3 Å². The van der Waals surface area contributed by atoms with Gasteiger partial charge >= 0.3 is 0 Å². The van der Waals surface area contributed by atoms with Gasteiger partial charge in [-0.25, -0.2) is 0 Å². The maximum atomic E-state index is 12.2. The van der Waals surface area contributed by atoms with Crippen LogP contribution in [0.25, 0.3) is 0 Å². The number of H-pyrrole nitrogens is 1. The molecule has 1 atom stereocenters. The van der Waals surface area contributed by atoms with Crippen LogP contribution in [0.3, 0.4) is 0 Å². The van der Waals surface area contributed by atoms with E-state index in [0.29, 0.717) is 19.0 Å². The fourth-order valence-electron chi connectivity index (χ4n) is 2.60. The first kappa shape index (κ1) is 20.1. The van der Waals surface area contributed by atoms with Crippen molar-refractivity contribution in [2.24, 2.45) is 0 Å². The Morgan fingerprint density at radius 3 is 2.71 bits per heavy atom. The van der Waals surface area contributed by atoms with Gasteiger partial charge in [-0.15, -0.1) is 0 Å². The number of hydrogen-bond acceptors (Lipinski definition) is 5. The van der Waals surface area contributed by atoms with Crippen molar-refractivity contribution in [1.82, 2.24) is 20.0 Å². The average Bonchev–Trinajstić information content (AvgIpc) is 2.98. The summed E-state index contributed by atoms with van der Waals surface area (Å²) < 4.78 is 5.36. The Bertz CT molecular complexity index is 500. The number of nitrogens with zero attached hydrogens (tertiary/aromatic N) is 3. The lowest BCUT2D eigenvalue weighted by Crippen LogP contribution is -2.42. The summed E-state index contributed by atoms with van der Waals surface area (Å²) in [7, 11) is 1.86. The predicted molar refractivity (Wildman–Crippen MR) is 89.6 cm³/mol. The summed E-state index contributed by atoms with van der Waals surface area (Å²) >= 11 is 0. The van der Waals surface area contributed by atoms with Crippen molar-refractivity contribution in [3.8, 4) is 0 Å². The molecule has 1 aromatic heterocycles. The van der Waals surface area contributed by atoms with Crippen molar-refractivity contribution < 1.29 is 19.4 Å². The standard InChI is InChI=1S/C15H26N4O2.CH2O2/c1-12(19-6-8-21-9-7-19)4-5-15(20)18(3)11-14-10-16-17-13(14)2;2-1-3/h10,12H,4-9,11H2,1-3H3,(H,16,17);1H,(H,2,3). The van der Waals surface area contributed by atoms with Gasteiger partial charge in [0.25, 0.3) is 6.47 Å². The second-order valence-corrected chi connectivity index (χ2v) is 5.91. The third-order valence-electron chi connectivity index (χ3n) is 4.21. The smallest absolute Gasteiger partial charge is 0.290 e. The molecule has 1 aliphatic rings. The molecule has 1 unspecified atom stereocenters. The third-order valence-corrected chi connectivity index (χ3v) is 4.21. The minimum absolute atomic E-state index is 0.190. The van der Waals surface area contributed by atoms with Crippen LogP contribution < -0.4 is 0 Å². The third kappa shape index (κ3) is 6.67. The summed E-state index contributed by atoms with van der Waals surface area (Å²) in [6.07, 6.45) is 3.27. The first-order valence-corrected chi connectivity index (χ1v) is 8.12. The number of nitrogens with one attached hydrogen (secondary N) is 1. The highest BCUT2D eigenvalue weighted by atomic mass is 16.5. The Labute approximate surface area is 142 Å². The minimum atomic E-state index is -0.250. The molecule has 1 fully saturated rings. The van der Waals surface area contributed by atoms with E-state index >= 15 is 0 Å². The van der Waals surface area contributed by atoms with E-state index in [1.807, 2.05) is 14.0 Å². The van der Waals surface area contributed by atoms with E-state index in [1.54, 1.807) is 11.1 Å². The van der Waals surface area contributed by atoms with Crippen LogP contribution in [0, 0.1) is 6.92 Å². The number of ether oxygens (including phenoxy) is 1. The van der Waals surface area contributed by atoms with Crippen LogP contribution >= 0.6 is 0 Å². The topological polar surface area (TPSA) is 98.8 Å². The van der Waals surface area contributed by atoms with Gasteiger partial charge in [0, 0.05) is 50.4 Å². The molecule has 2 rings (SSSR count). The van der Waals surface area contributed by atoms with Crippen molar-refractivity contribution in [3.05, 3.63) is 17.5 Å². The van der Waals surface area contributed by atoms with Gasteiger partial charge in [0.2, 0.25) is 5.91 Å². The fraction of sp³-hybridized carbons (Fsp3) is 0.688. The predicted octanol–water partition coefficient (Wildman–Crippen LogP) is 0.878. The summed E-state index contributed by atoms with van der Waals surface area (Å²) in [6, 6.07) is 0.432. The number of carbonyl (C=O) groups excluding carboxylic acids is 1. The van der Waals surface area contributed by atoms with Gasteiger partial charge in [-0.05, 0) is 20.3 Å². The number of aryl methyl sites for hydroxylation is 1. The SMILES string of the molecule is Cc1[nH]ncc1CN(C)C(=O)CCC(C)N1CCOCC1.O=CO. The lowest BCUT2D eigenvalue weighted by atomic mass is 10.1. The molecule has 0 aromatic carbocycles. The van der Waals surface area contributed by atoms with E-state index < -0.39 is 0 Å². The van der Waals surface area contributed by atoms with Crippen LogP contribution in [-0.2, 0) is 20.9 Å². The molecule has 1 aromatic rings. The van der Waals surface area contributed by atoms with Gasteiger partial charge in [-0.3, -0.25) is 19.6 Å². The molecule has 1 aliphatic heterocycles. The van der Waals surface area contributed by atoms with Gasteiger partial charge < -0.3 is 14.7 Å². The summed E-state index contributed by atoms with van der Waals surface area (Å²) in [6.45, 7) is 8.09. The van der Waals surface area contributed by atoms with E-state index in [9.17, 15) is 4.79 Å².